The van der Waals surface area contributed by atoms with Crippen LogP contribution in [-0.2, 0) is 0 Å². The molecule has 0 unspecified atom stereocenters. The molecule has 0 aliphatic carbocycles. The number of aromatic nitrogens is 2. The Labute approximate surface area is 121 Å². The van der Waals surface area contributed by atoms with Gasteiger partial charge in [-0.25, -0.2) is 4.98 Å². The summed E-state index contributed by atoms with van der Waals surface area (Å²) in [5, 5.41) is 0.846. The van der Waals surface area contributed by atoms with Crippen molar-refractivity contribution in [2.45, 2.75) is 13.0 Å². The van der Waals surface area contributed by atoms with Crippen LogP contribution in [-0.4, -0.2) is 26.0 Å². The van der Waals surface area contributed by atoms with Crippen LogP contribution in [0.2, 0.25) is 0 Å². The second-order valence-electron chi connectivity index (χ2n) is 4.11. The molecule has 2 aromatic rings. The monoisotopic (exact) mass is 292 g/mol. The third kappa shape index (κ3) is 3.42. The molecule has 2 rings (SSSR count). The normalized spacial score (nSPS) is 12.3. The van der Waals surface area contributed by atoms with Gasteiger partial charge in [0.1, 0.15) is 5.69 Å². The van der Waals surface area contributed by atoms with Crippen molar-refractivity contribution >= 4 is 28.6 Å². The summed E-state index contributed by atoms with van der Waals surface area (Å²) >= 11 is 2.97. The Morgan fingerprint density at radius 1 is 1.37 bits per heavy atom. The third-order valence-corrected chi connectivity index (χ3v) is 4.77. The van der Waals surface area contributed by atoms with Gasteiger partial charge in [-0.3, -0.25) is 4.79 Å². The zero-order valence-corrected chi connectivity index (χ0v) is 12.6. The van der Waals surface area contributed by atoms with E-state index in [0.29, 0.717) is 5.69 Å². The molecule has 1 aromatic carbocycles. The van der Waals surface area contributed by atoms with Crippen molar-refractivity contribution in [3.8, 4) is 0 Å². The van der Waals surface area contributed by atoms with Crippen LogP contribution in [0, 0.1) is 0 Å². The quantitative estimate of drug-likeness (QED) is 0.787. The van der Waals surface area contributed by atoms with E-state index in [0.717, 1.165) is 5.08 Å². The van der Waals surface area contributed by atoms with Crippen LogP contribution >= 0.6 is 23.5 Å². The fraction of sp³-hybridized carbons (Fsp3) is 0.286. The van der Waals surface area contributed by atoms with Crippen molar-refractivity contribution in [1.82, 2.24) is 9.55 Å². The zero-order chi connectivity index (χ0) is 13.7. The van der Waals surface area contributed by atoms with E-state index >= 15 is 0 Å². The molecule has 1 heterocycles. The third-order valence-electron chi connectivity index (χ3n) is 2.88. The average Bonchev–Trinajstić information content (AvgIpc) is 2.94. The van der Waals surface area contributed by atoms with E-state index in [1.165, 1.54) is 17.3 Å². The number of thioether (sulfide) groups is 2. The first-order chi connectivity index (χ1) is 9.24. The first-order valence-electron chi connectivity index (χ1n) is 5.97. The summed E-state index contributed by atoms with van der Waals surface area (Å²) < 4.78 is 1.94. The molecule has 19 heavy (non-hydrogen) atoms. The Balaban J connectivity index is 2.22. The van der Waals surface area contributed by atoms with Crippen molar-refractivity contribution in [3.05, 3.63) is 54.1 Å². The van der Waals surface area contributed by atoms with Gasteiger partial charge in [0.2, 0.25) is 5.12 Å². The molecule has 0 aliphatic rings. The lowest BCUT2D eigenvalue weighted by molar-refractivity contribution is 0.108. The van der Waals surface area contributed by atoms with Gasteiger partial charge in [-0.1, -0.05) is 42.1 Å². The lowest BCUT2D eigenvalue weighted by Crippen LogP contribution is -2.11. The van der Waals surface area contributed by atoms with Crippen LogP contribution in [0.3, 0.4) is 0 Å². The van der Waals surface area contributed by atoms with E-state index in [1.54, 1.807) is 24.3 Å². The molecule has 1 aromatic heterocycles. The maximum atomic E-state index is 12.1. The van der Waals surface area contributed by atoms with E-state index < -0.39 is 0 Å². The van der Waals surface area contributed by atoms with Crippen LogP contribution in [0.4, 0.5) is 0 Å². The molecule has 1 atom stereocenters. The van der Waals surface area contributed by atoms with Crippen molar-refractivity contribution < 1.29 is 4.79 Å². The molecule has 0 saturated carbocycles. The minimum atomic E-state index is 0.0784. The van der Waals surface area contributed by atoms with Gasteiger partial charge in [0, 0.05) is 5.08 Å². The highest BCUT2D eigenvalue weighted by Gasteiger charge is 2.17. The SMILES string of the molecule is CSCSC(=O)c1cncn1[C@H](C)c1ccccc1. The molecule has 0 spiro atoms. The molecule has 0 saturated heterocycles. The summed E-state index contributed by atoms with van der Waals surface area (Å²) in [5.74, 6) is 0. The minimum Gasteiger partial charge on any atom is -0.320 e. The van der Waals surface area contributed by atoms with E-state index in [4.69, 9.17) is 0 Å². The highest BCUT2D eigenvalue weighted by molar-refractivity contribution is 8.24. The Hall–Kier alpha value is -1.20. The molecule has 5 heteroatoms. The van der Waals surface area contributed by atoms with Gasteiger partial charge < -0.3 is 4.57 Å². The second kappa shape index (κ2) is 6.82. The molecular weight excluding hydrogens is 276 g/mol. The predicted octanol–water partition coefficient (Wildman–Crippen LogP) is 3.69. The number of hydrogen-bond donors (Lipinski definition) is 0. The van der Waals surface area contributed by atoms with Crippen LogP contribution in [0.1, 0.15) is 29.0 Å². The summed E-state index contributed by atoms with van der Waals surface area (Å²) in [6, 6.07) is 10.2. The highest BCUT2D eigenvalue weighted by atomic mass is 32.2. The standard InChI is InChI=1S/C14H16N2OS2/c1-11(12-6-4-3-5-7-12)16-9-15-8-13(16)14(17)19-10-18-2/h3-9,11H,10H2,1-2H3/t11-/m1/s1. The van der Waals surface area contributed by atoms with Crippen molar-refractivity contribution in [3.63, 3.8) is 0 Å². The van der Waals surface area contributed by atoms with E-state index in [2.05, 4.69) is 24.0 Å². The molecule has 0 aliphatic heterocycles. The molecular formula is C14H16N2OS2. The molecule has 100 valence electrons. The van der Waals surface area contributed by atoms with Crippen LogP contribution in [0.15, 0.2) is 42.9 Å². The highest BCUT2D eigenvalue weighted by Crippen LogP contribution is 2.23. The Kier molecular flexibility index (Phi) is 5.10. The van der Waals surface area contributed by atoms with Crippen LogP contribution < -0.4 is 0 Å². The van der Waals surface area contributed by atoms with E-state index in [1.807, 2.05) is 29.0 Å². The molecule has 0 N–H and O–H groups in total. The van der Waals surface area contributed by atoms with E-state index in [9.17, 15) is 4.79 Å². The number of hydrogen-bond acceptors (Lipinski definition) is 4. The van der Waals surface area contributed by atoms with Crippen molar-refractivity contribution in [2.24, 2.45) is 0 Å². The summed E-state index contributed by atoms with van der Waals surface area (Å²) in [7, 11) is 0. The largest absolute Gasteiger partial charge is 0.320 e. The lowest BCUT2D eigenvalue weighted by atomic mass is 10.1. The molecule has 0 radical (unpaired) electrons. The van der Waals surface area contributed by atoms with Gasteiger partial charge in [-0.15, -0.1) is 0 Å². The Morgan fingerprint density at radius 2 is 2.11 bits per heavy atom. The summed E-state index contributed by atoms with van der Waals surface area (Å²) in [6.07, 6.45) is 5.36. The zero-order valence-electron chi connectivity index (χ0n) is 10.9. The number of carbonyl (C=O) groups is 1. The van der Waals surface area contributed by atoms with Gasteiger partial charge in [-0.05, 0) is 18.7 Å². The fourth-order valence-electron chi connectivity index (χ4n) is 1.85. The van der Waals surface area contributed by atoms with Crippen LogP contribution in [0.5, 0.6) is 0 Å². The minimum absolute atomic E-state index is 0.0784. The van der Waals surface area contributed by atoms with Gasteiger partial charge in [-0.2, -0.15) is 11.8 Å². The van der Waals surface area contributed by atoms with Gasteiger partial charge in [0.05, 0.1) is 18.6 Å². The molecule has 0 amide bonds. The summed E-state index contributed by atoms with van der Waals surface area (Å²) in [6.45, 7) is 2.08. The first kappa shape index (κ1) is 14.2. The number of imidazole rings is 1. The predicted molar refractivity (Wildman–Crippen MR) is 82.8 cm³/mol. The van der Waals surface area contributed by atoms with Crippen LogP contribution in [0.25, 0.3) is 0 Å². The summed E-state index contributed by atoms with van der Waals surface area (Å²) in [4.78, 5) is 16.2. The van der Waals surface area contributed by atoms with Crippen molar-refractivity contribution in [1.29, 1.82) is 0 Å². The van der Waals surface area contributed by atoms with Gasteiger partial charge in [0.25, 0.3) is 0 Å². The average molecular weight is 292 g/mol. The Morgan fingerprint density at radius 3 is 2.79 bits per heavy atom. The van der Waals surface area contributed by atoms with E-state index in [-0.39, 0.29) is 11.2 Å². The topological polar surface area (TPSA) is 34.9 Å². The van der Waals surface area contributed by atoms with Crippen molar-refractivity contribution in [2.75, 3.05) is 11.3 Å². The summed E-state index contributed by atoms with van der Waals surface area (Å²) in [5.41, 5.74) is 1.83. The first-order valence-corrected chi connectivity index (χ1v) is 8.35. The van der Waals surface area contributed by atoms with Gasteiger partial charge in [0.15, 0.2) is 0 Å². The fourth-order valence-corrected chi connectivity index (χ4v) is 3.06. The van der Waals surface area contributed by atoms with Gasteiger partial charge >= 0.3 is 0 Å². The molecule has 0 fully saturated rings. The number of benzene rings is 1. The Bertz CT molecular complexity index is 539. The number of carbonyl (C=O) groups excluding carboxylic acids is 1. The number of rotatable bonds is 5. The molecule has 3 nitrogen and oxygen atoms in total. The lowest BCUT2D eigenvalue weighted by Gasteiger charge is -2.16. The maximum Gasteiger partial charge on any atom is 0.238 e. The molecule has 0 bridgehead atoms. The number of nitrogens with zero attached hydrogens (tertiary/aromatic N) is 2. The maximum absolute atomic E-state index is 12.1. The second-order valence-corrected chi connectivity index (χ2v) is 6.29. The smallest absolute Gasteiger partial charge is 0.238 e.